The fraction of sp³-hybridized carbons (Fsp3) is 0.500. The van der Waals surface area contributed by atoms with E-state index < -0.39 is 10.0 Å². The number of hydrogen-bond acceptors (Lipinski definition) is 7. The van der Waals surface area contributed by atoms with E-state index in [1.807, 2.05) is 37.3 Å². The minimum absolute atomic E-state index is 0.235. The van der Waals surface area contributed by atoms with Gasteiger partial charge in [0.25, 0.3) is 0 Å². The fourth-order valence-corrected chi connectivity index (χ4v) is 6.49. The average Bonchev–Trinajstić information content (AvgIpc) is 3.42. The summed E-state index contributed by atoms with van der Waals surface area (Å²) in [4.78, 5) is 5.07. The van der Waals surface area contributed by atoms with Crippen molar-refractivity contribution >= 4 is 21.4 Å². The summed E-state index contributed by atoms with van der Waals surface area (Å²) in [5.41, 5.74) is 3.18. The van der Waals surface area contributed by atoms with Crippen molar-refractivity contribution in [2.45, 2.75) is 37.4 Å². The molecule has 0 spiro atoms. The first-order valence-electron chi connectivity index (χ1n) is 11.6. The van der Waals surface area contributed by atoms with Crippen LogP contribution in [0.2, 0.25) is 0 Å². The first-order chi connectivity index (χ1) is 16.0. The molecule has 33 heavy (non-hydrogen) atoms. The Morgan fingerprint density at radius 3 is 2.61 bits per heavy atom. The fourth-order valence-electron chi connectivity index (χ4n) is 5.06. The molecule has 0 saturated carbocycles. The van der Waals surface area contributed by atoms with Gasteiger partial charge in [0.15, 0.2) is 11.5 Å². The lowest BCUT2D eigenvalue weighted by atomic mass is 10.1. The molecule has 2 aromatic rings. The lowest BCUT2D eigenvalue weighted by Gasteiger charge is -2.28. The highest BCUT2D eigenvalue weighted by Gasteiger charge is 2.40. The molecular formula is C24H31N3O5S. The van der Waals surface area contributed by atoms with Crippen molar-refractivity contribution in [3.8, 4) is 11.5 Å². The lowest BCUT2D eigenvalue weighted by Crippen LogP contribution is -2.40. The molecular weight excluding hydrogens is 442 g/mol. The molecule has 0 radical (unpaired) electrons. The number of morpholine rings is 1. The van der Waals surface area contributed by atoms with Gasteiger partial charge < -0.3 is 24.0 Å². The molecule has 2 saturated heterocycles. The molecule has 2 aromatic carbocycles. The van der Waals surface area contributed by atoms with Crippen molar-refractivity contribution in [3.63, 3.8) is 0 Å². The smallest absolute Gasteiger partial charge is 0.243 e. The van der Waals surface area contributed by atoms with E-state index >= 15 is 0 Å². The van der Waals surface area contributed by atoms with E-state index in [2.05, 4.69) is 9.80 Å². The van der Waals surface area contributed by atoms with Gasteiger partial charge in [0, 0.05) is 26.2 Å². The maximum Gasteiger partial charge on any atom is 0.243 e. The first kappa shape index (κ1) is 22.3. The third-order valence-corrected chi connectivity index (χ3v) is 8.53. The van der Waals surface area contributed by atoms with Crippen LogP contribution in [0.3, 0.4) is 0 Å². The second-order valence-corrected chi connectivity index (χ2v) is 10.5. The summed E-state index contributed by atoms with van der Waals surface area (Å²) in [5, 5.41) is 0. The number of hydrogen-bond donors (Lipinski definition) is 0. The highest BCUT2D eigenvalue weighted by molar-refractivity contribution is 7.89. The van der Waals surface area contributed by atoms with Crippen molar-refractivity contribution < 1.29 is 22.6 Å². The van der Waals surface area contributed by atoms with Crippen LogP contribution >= 0.6 is 0 Å². The van der Waals surface area contributed by atoms with Gasteiger partial charge in [0.05, 0.1) is 43.2 Å². The second-order valence-electron chi connectivity index (χ2n) is 8.53. The topological polar surface area (TPSA) is 71.5 Å². The molecule has 5 rings (SSSR count). The Morgan fingerprint density at radius 1 is 1.03 bits per heavy atom. The van der Waals surface area contributed by atoms with Crippen LogP contribution in [0.4, 0.5) is 11.4 Å². The minimum atomic E-state index is -3.56. The number of methoxy groups -OCH3 is 1. The third kappa shape index (κ3) is 4.02. The number of nitrogens with zero attached hydrogens (tertiary/aromatic N) is 3. The zero-order chi connectivity index (χ0) is 23.0. The van der Waals surface area contributed by atoms with E-state index in [9.17, 15) is 8.42 Å². The predicted molar refractivity (Wildman–Crippen MR) is 127 cm³/mol. The molecule has 178 valence electrons. The molecule has 0 N–H and O–H groups in total. The van der Waals surface area contributed by atoms with Crippen LogP contribution in [-0.2, 0) is 21.3 Å². The van der Waals surface area contributed by atoms with E-state index in [-0.39, 0.29) is 6.17 Å². The maximum atomic E-state index is 13.3. The van der Waals surface area contributed by atoms with E-state index in [4.69, 9.17) is 14.2 Å². The Balaban J connectivity index is 1.49. The summed E-state index contributed by atoms with van der Waals surface area (Å²) in [6, 6.07) is 11.6. The standard InChI is InChI=1S/C24H31N3O5S/c1-3-32-23-15-18(6-9-22(23)30-2)17-27-21-16-19(33(28,29)25-11-13-31-14-12-25)7-8-20(21)26-10-4-5-24(26)27/h6-9,15-16,24H,3-5,10-14,17H2,1-2H3. The average molecular weight is 474 g/mol. The Bertz CT molecular complexity index is 1120. The number of rotatable bonds is 7. The summed E-state index contributed by atoms with van der Waals surface area (Å²) in [6.07, 6.45) is 2.41. The van der Waals surface area contributed by atoms with E-state index in [0.717, 1.165) is 42.1 Å². The molecule has 3 aliphatic heterocycles. The van der Waals surface area contributed by atoms with Crippen LogP contribution in [0, 0.1) is 0 Å². The van der Waals surface area contributed by atoms with Gasteiger partial charge in [-0.25, -0.2) is 8.42 Å². The van der Waals surface area contributed by atoms with Gasteiger partial charge in [-0.05, 0) is 55.7 Å². The minimum Gasteiger partial charge on any atom is -0.493 e. The zero-order valence-corrected chi connectivity index (χ0v) is 20.0. The van der Waals surface area contributed by atoms with E-state index in [1.54, 1.807) is 13.2 Å². The van der Waals surface area contributed by atoms with Gasteiger partial charge in [0.2, 0.25) is 10.0 Å². The Labute approximate surface area is 195 Å². The largest absolute Gasteiger partial charge is 0.493 e. The highest BCUT2D eigenvalue weighted by atomic mass is 32.2. The molecule has 0 bridgehead atoms. The molecule has 0 amide bonds. The van der Waals surface area contributed by atoms with Crippen molar-refractivity contribution in [3.05, 3.63) is 42.0 Å². The maximum absolute atomic E-state index is 13.3. The van der Waals surface area contributed by atoms with Crippen molar-refractivity contribution in [2.24, 2.45) is 0 Å². The Kier molecular flexibility index (Phi) is 6.11. The van der Waals surface area contributed by atoms with Crippen LogP contribution in [-0.4, -0.2) is 65.5 Å². The van der Waals surface area contributed by atoms with Gasteiger partial charge in [0.1, 0.15) is 6.17 Å². The van der Waals surface area contributed by atoms with Crippen molar-refractivity contribution in [1.29, 1.82) is 0 Å². The van der Waals surface area contributed by atoms with Gasteiger partial charge >= 0.3 is 0 Å². The lowest BCUT2D eigenvalue weighted by molar-refractivity contribution is 0.0730. The summed E-state index contributed by atoms with van der Waals surface area (Å²) in [6.45, 7) is 5.82. The number of sulfonamides is 1. The second kappa shape index (κ2) is 9.04. The van der Waals surface area contributed by atoms with Gasteiger partial charge in [-0.15, -0.1) is 0 Å². The monoisotopic (exact) mass is 473 g/mol. The van der Waals surface area contributed by atoms with Gasteiger partial charge in [-0.3, -0.25) is 0 Å². The SMILES string of the molecule is CCOc1cc(CN2c3cc(S(=O)(=O)N4CCOCC4)ccc3N3CCCC32)ccc1OC. The normalized spacial score (nSPS) is 20.6. The number of anilines is 2. The molecule has 9 heteroatoms. The van der Waals surface area contributed by atoms with E-state index in [1.165, 1.54) is 4.31 Å². The molecule has 0 aliphatic carbocycles. The molecule has 0 aromatic heterocycles. The van der Waals surface area contributed by atoms with Gasteiger partial charge in [-0.1, -0.05) is 6.07 Å². The number of fused-ring (bicyclic) bond motifs is 3. The Morgan fingerprint density at radius 2 is 1.85 bits per heavy atom. The molecule has 1 unspecified atom stereocenters. The number of benzene rings is 2. The summed E-state index contributed by atoms with van der Waals surface area (Å²) >= 11 is 0. The predicted octanol–water partition coefficient (Wildman–Crippen LogP) is 3.06. The summed E-state index contributed by atoms with van der Waals surface area (Å²) in [5.74, 6) is 1.44. The van der Waals surface area contributed by atoms with Crippen LogP contribution in [0.1, 0.15) is 25.3 Å². The van der Waals surface area contributed by atoms with Crippen LogP contribution < -0.4 is 19.3 Å². The van der Waals surface area contributed by atoms with E-state index in [0.29, 0.717) is 50.1 Å². The molecule has 3 heterocycles. The highest BCUT2D eigenvalue weighted by Crippen LogP contribution is 2.46. The zero-order valence-electron chi connectivity index (χ0n) is 19.2. The summed E-state index contributed by atoms with van der Waals surface area (Å²) < 4.78 is 44.7. The number of ether oxygens (including phenoxy) is 3. The van der Waals surface area contributed by atoms with Crippen LogP contribution in [0.15, 0.2) is 41.3 Å². The van der Waals surface area contributed by atoms with Crippen LogP contribution in [0.25, 0.3) is 0 Å². The Hall–Kier alpha value is -2.49. The summed E-state index contributed by atoms with van der Waals surface area (Å²) in [7, 11) is -1.92. The quantitative estimate of drug-likeness (QED) is 0.612. The first-order valence-corrected chi connectivity index (χ1v) is 13.0. The van der Waals surface area contributed by atoms with Crippen molar-refractivity contribution in [1.82, 2.24) is 4.31 Å². The van der Waals surface area contributed by atoms with Crippen LogP contribution in [0.5, 0.6) is 11.5 Å². The molecule has 1 atom stereocenters. The molecule has 3 aliphatic rings. The van der Waals surface area contributed by atoms with Crippen molar-refractivity contribution in [2.75, 3.05) is 56.4 Å². The molecule has 2 fully saturated rings. The molecule has 8 nitrogen and oxygen atoms in total. The van der Waals surface area contributed by atoms with Gasteiger partial charge in [-0.2, -0.15) is 4.31 Å². The third-order valence-electron chi connectivity index (χ3n) is 6.64.